The Morgan fingerprint density at radius 3 is 2.64 bits per heavy atom. The maximum absolute atomic E-state index is 11.3. The van der Waals surface area contributed by atoms with E-state index in [1.807, 2.05) is 0 Å². The molecule has 4 nitrogen and oxygen atoms in total. The summed E-state index contributed by atoms with van der Waals surface area (Å²) >= 11 is 8.59. The van der Waals surface area contributed by atoms with Gasteiger partial charge in [-0.1, -0.05) is 11.6 Å². The summed E-state index contributed by atoms with van der Waals surface area (Å²) in [6, 6.07) is 2.82. The van der Waals surface area contributed by atoms with Crippen molar-refractivity contribution in [2.24, 2.45) is 0 Å². The third-order valence-electron chi connectivity index (χ3n) is 1.43. The SMILES string of the molecule is COC(=O)C(=O)c1ccc(Cl)nc1Br. The molecule has 0 N–H and O–H groups in total. The van der Waals surface area contributed by atoms with E-state index in [0.29, 0.717) is 0 Å². The molecule has 0 saturated carbocycles. The van der Waals surface area contributed by atoms with Crippen molar-refractivity contribution >= 4 is 39.3 Å². The quantitative estimate of drug-likeness (QED) is 0.358. The molecule has 0 unspecified atom stereocenters. The van der Waals surface area contributed by atoms with Gasteiger partial charge in [0.1, 0.15) is 9.76 Å². The summed E-state index contributed by atoms with van der Waals surface area (Å²) in [5, 5.41) is 0.235. The fourth-order valence-electron chi connectivity index (χ4n) is 0.784. The number of rotatable bonds is 2. The number of aromatic nitrogens is 1. The smallest absolute Gasteiger partial charge is 0.379 e. The van der Waals surface area contributed by atoms with E-state index in [1.54, 1.807) is 0 Å². The van der Waals surface area contributed by atoms with Crippen molar-refractivity contribution < 1.29 is 14.3 Å². The molecule has 0 spiro atoms. The number of esters is 1. The van der Waals surface area contributed by atoms with Gasteiger partial charge in [-0.2, -0.15) is 0 Å². The highest BCUT2D eigenvalue weighted by molar-refractivity contribution is 9.10. The van der Waals surface area contributed by atoms with Gasteiger partial charge in [-0.25, -0.2) is 9.78 Å². The number of hydrogen-bond donors (Lipinski definition) is 0. The van der Waals surface area contributed by atoms with E-state index in [2.05, 4.69) is 25.7 Å². The minimum Gasteiger partial charge on any atom is -0.463 e. The maximum atomic E-state index is 11.3. The molecule has 0 aliphatic rings. The van der Waals surface area contributed by atoms with Gasteiger partial charge in [0.05, 0.1) is 12.7 Å². The third-order valence-corrected chi connectivity index (χ3v) is 2.25. The van der Waals surface area contributed by atoms with E-state index in [-0.39, 0.29) is 15.3 Å². The molecule has 1 heterocycles. The monoisotopic (exact) mass is 277 g/mol. The first-order valence-corrected chi connectivity index (χ1v) is 4.68. The number of carbonyl (C=O) groups is 2. The highest BCUT2D eigenvalue weighted by Gasteiger charge is 2.20. The summed E-state index contributed by atoms with van der Waals surface area (Å²) in [4.78, 5) is 26.0. The number of halogens is 2. The van der Waals surface area contributed by atoms with E-state index in [0.717, 1.165) is 7.11 Å². The second-order valence-electron chi connectivity index (χ2n) is 2.29. The number of Topliss-reactive ketones (excluding diaryl/α,β-unsaturated/α-hetero) is 1. The normalized spacial score (nSPS) is 9.64. The van der Waals surface area contributed by atoms with E-state index in [9.17, 15) is 9.59 Å². The molecule has 14 heavy (non-hydrogen) atoms. The van der Waals surface area contributed by atoms with Crippen LogP contribution in [0.3, 0.4) is 0 Å². The fourth-order valence-corrected chi connectivity index (χ4v) is 1.54. The van der Waals surface area contributed by atoms with Gasteiger partial charge >= 0.3 is 5.97 Å². The Labute approximate surface area is 93.4 Å². The summed E-state index contributed by atoms with van der Waals surface area (Å²) in [6.07, 6.45) is 0. The van der Waals surface area contributed by atoms with Crippen LogP contribution in [-0.2, 0) is 9.53 Å². The van der Waals surface area contributed by atoms with Crippen LogP contribution in [0.15, 0.2) is 16.7 Å². The second-order valence-corrected chi connectivity index (χ2v) is 3.43. The molecular formula is C8H5BrClNO3. The summed E-state index contributed by atoms with van der Waals surface area (Å²) < 4.78 is 4.50. The van der Waals surface area contributed by atoms with Crippen LogP contribution >= 0.6 is 27.5 Å². The Kier molecular flexibility index (Phi) is 3.60. The number of hydrogen-bond acceptors (Lipinski definition) is 4. The van der Waals surface area contributed by atoms with Crippen LogP contribution in [0, 0.1) is 0 Å². The number of pyridine rings is 1. The zero-order chi connectivity index (χ0) is 10.7. The van der Waals surface area contributed by atoms with Gasteiger partial charge in [0.15, 0.2) is 0 Å². The van der Waals surface area contributed by atoms with Gasteiger partial charge < -0.3 is 4.74 Å². The van der Waals surface area contributed by atoms with Crippen molar-refractivity contribution in [1.82, 2.24) is 4.98 Å². The highest BCUT2D eigenvalue weighted by Crippen LogP contribution is 2.17. The standard InChI is InChI=1S/C8H5BrClNO3/c1-14-8(13)6(12)4-2-3-5(10)11-7(4)9/h2-3H,1H3. The largest absolute Gasteiger partial charge is 0.463 e. The molecule has 0 atom stereocenters. The van der Waals surface area contributed by atoms with Gasteiger partial charge in [-0.05, 0) is 28.1 Å². The molecule has 0 aliphatic carbocycles. The predicted octanol–water partition coefficient (Wildman–Crippen LogP) is 1.85. The van der Waals surface area contributed by atoms with Crippen LogP contribution < -0.4 is 0 Å². The van der Waals surface area contributed by atoms with Crippen LogP contribution in [0.25, 0.3) is 0 Å². The van der Waals surface area contributed by atoms with E-state index in [4.69, 9.17) is 11.6 Å². The Morgan fingerprint density at radius 2 is 2.14 bits per heavy atom. The summed E-state index contributed by atoms with van der Waals surface area (Å²) in [7, 11) is 1.14. The number of nitrogens with zero attached hydrogens (tertiary/aromatic N) is 1. The summed E-state index contributed by atoms with van der Waals surface area (Å²) in [5.41, 5.74) is 0.126. The lowest BCUT2D eigenvalue weighted by Gasteiger charge is -2.00. The first-order chi connectivity index (χ1) is 6.56. The van der Waals surface area contributed by atoms with Crippen molar-refractivity contribution in [2.45, 2.75) is 0 Å². The summed E-state index contributed by atoms with van der Waals surface area (Å²) in [6.45, 7) is 0. The first-order valence-electron chi connectivity index (χ1n) is 3.51. The van der Waals surface area contributed by atoms with Crippen molar-refractivity contribution in [1.29, 1.82) is 0 Å². The Balaban J connectivity index is 3.08. The van der Waals surface area contributed by atoms with Crippen LogP contribution in [0.2, 0.25) is 5.15 Å². The molecule has 0 aromatic carbocycles. The number of ketones is 1. The van der Waals surface area contributed by atoms with E-state index in [1.165, 1.54) is 12.1 Å². The van der Waals surface area contributed by atoms with Gasteiger partial charge in [0, 0.05) is 0 Å². The van der Waals surface area contributed by atoms with Crippen LogP contribution in [0.5, 0.6) is 0 Å². The van der Waals surface area contributed by atoms with Crippen LogP contribution in [0.4, 0.5) is 0 Å². The Morgan fingerprint density at radius 1 is 1.50 bits per heavy atom. The Hall–Kier alpha value is -0.940. The molecule has 6 heteroatoms. The molecule has 0 aliphatic heterocycles. The number of methoxy groups -OCH3 is 1. The molecule has 74 valence electrons. The average Bonchev–Trinajstić information content (AvgIpc) is 2.15. The van der Waals surface area contributed by atoms with E-state index < -0.39 is 11.8 Å². The van der Waals surface area contributed by atoms with Gasteiger partial charge in [0.25, 0.3) is 5.78 Å². The Bertz CT molecular complexity index is 394. The highest BCUT2D eigenvalue weighted by atomic mass is 79.9. The topological polar surface area (TPSA) is 56.3 Å². The lowest BCUT2D eigenvalue weighted by Crippen LogP contribution is -2.16. The molecule has 1 aromatic rings. The zero-order valence-electron chi connectivity index (χ0n) is 7.08. The van der Waals surface area contributed by atoms with Crippen molar-refractivity contribution in [3.63, 3.8) is 0 Å². The summed E-state index contributed by atoms with van der Waals surface area (Å²) in [5.74, 6) is -1.70. The lowest BCUT2D eigenvalue weighted by molar-refractivity contribution is -0.135. The third kappa shape index (κ3) is 2.30. The van der Waals surface area contributed by atoms with Crippen molar-refractivity contribution in [2.75, 3.05) is 7.11 Å². The maximum Gasteiger partial charge on any atom is 0.379 e. The molecular weight excluding hydrogens is 273 g/mol. The molecule has 0 amide bonds. The van der Waals surface area contributed by atoms with Crippen LogP contribution in [0.1, 0.15) is 10.4 Å². The van der Waals surface area contributed by atoms with E-state index >= 15 is 0 Å². The molecule has 0 fully saturated rings. The fraction of sp³-hybridized carbons (Fsp3) is 0.125. The lowest BCUT2D eigenvalue weighted by atomic mass is 10.2. The van der Waals surface area contributed by atoms with Gasteiger partial charge in [-0.15, -0.1) is 0 Å². The second kappa shape index (κ2) is 4.52. The molecule has 1 aromatic heterocycles. The molecule has 1 rings (SSSR count). The van der Waals surface area contributed by atoms with Crippen LogP contribution in [-0.4, -0.2) is 23.8 Å². The van der Waals surface area contributed by atoms with Crippen molar-refractivity contribution in [3.05, 3.63) is 27.5 Å². The zero-order valence-corrected chi connectivity index (χ0v) is 9.42. The minimum absolute atomic E-state index is 0.126. The molecule has 0 bridgehead atoms. The van der Waals surface area contributed by atoms with Gasteiger partial charge in [0.2, 0.25) is 0 Å². The predicted molar refractivity (Wildman–Crippen MR) is 53.3 cm³/mol. The van der Waals surface area contributed by atoms with Crippen molar-refractivity contribution in [3.8, 4) is 0 Å². The molecule has 0 radical (unpaired) electrons. The number of carbonyl (C=O) groups excluding carboxylic acids is 2. The molecule has 0 saturated heterocycles. The first kappa shape index (κ1) is 11.1. The minimum atomic E-state index is -0.935. The van der Waals surface area contributed by atoms with Gasteiger partial charge in [-0.3, -0.25) is 4.79 Å². The average molecular weight is 278 g/mol. The number of ether oxygens (including phenoxy) is 1.